The van der Waals surface area contributed by atoms with Crippen LogP contribution in [0, 0.1) is 0 Å². The summed E-state index contributed by atoms with van der Waals surface area (Å²) in [5, 5.41) is 12.8. The Hall–Kier alpha value is -4.91. The molecule has 1 aliphatic rings. The lowest BCUT2D eigenvalue weighted by molar-refractivity contribution is -0.129. The lowest BCUT2D eigenvalue weighted by atomic mass is 9.81. The molecule has 6 nitrogen and oxygen atoms in total. The van der Waals surface area contributed by atoms with E-state index in [0.29, 0.717) is 36.1 Å². The molecule has 0 aliphatic carbocycles. The van der Waals surface area contributed by atoms with Crippen molar-refractivity contribution in [3.05, 3.63) is 161 Å². The number of nitrogens with zero attached hydrogens (tertiary/aromatic N) is 1. The Kier molecular flexibility index (Phi) is 9.77. The number of aliphatic hydroxyl groups is 1. The van der Waals surface area contributed by atoms with Crippen molar-refractivity contribution in [1.29, 1.82) is 0 Å². The van der Waals surface area contributed by atoms with E-state index in [0.717, 1.165) is 33.4 Å². The number of amides is 1. The lowest BCUT2D eigenvalue weighted by Gasteiger charge is -2.31. The molecular formula is C39H35ClN2O4. The summed E-state index contributed by atoms with van der Waals surface area (Å²) >= 11 is 6.45. The SMILES string of the molecule is O=C(NCc1ccccc1Cl)[C@]1(Cc2ccccc2)N=C(c2ccc(OCCCO)cc2)O[C@@H]1c1ccc(-c2ccccc2)cc1. The fourth-order valence-electron chi connectivity index (χ4n) is 5.64. The van der Waals surface area contributed by atoms with Crippen molar-refractivity contribution >= 4 is 23.4 Å². The van der Waals surface area contributed by atoms with Crippen LogP contribution in [0.15, 0.2) is 138 Å². The van der Waals surface area contributed by atoms with Gasteiger partial charge in [0.15, 0.2) is 11.6 Å². The highest BCUT2D eigenvalue weighted by Crippen LogP contribution is 2.43. The molecule has 0 saturated carbocycles. The Morgan fingerprint density at radius 2 is 1.43 bits per heavy atom. The highest BCUT2D eigenvalue weighted by Gasteiger charge is 2.53. The summed E-state index contributed by atoms with van der Waals surface area (Å²) in [7, 11) is 0. The zero-order valence-electron chi connectivity index (χ0n) is 25.3. The van der Waals surface area contributed by atoms with E-state index in [1.807, 2.05) is 109 Å². The number of rotatable bonds is 12. The van der Waals surface area contributed by atoms with Crippen LogP contribution in [0.25, 0.3) is 11.1 Å². The summed E-state index contributed by atoms with van der Waals surface area (Å²) in [5.74, 6) is 0.798. The molecule has 0 bridgehead atoms. The Labute approximate surface area is 274 Å². The smallest absolute Gasteiger partial charge is 0.252 e. The minimum absolute atomic E-state index is 0.0679. The van der Waals surface area contributed by atoms with Crippen LogP contribution in [-0.4, -0.2) is 35.7 Å². The minimum Gasteiger partial charge on any atom is -0.494 e. The largest absolute Gasteiger partial charge is 0.494 e. The summed E-state index contributed by atoms with van der Waals surface area (Å²) in [6, 6.07) is 43.1. The first-order chi connectivity index (χ1) is 22.6. The molecule has 7 heteroatoms. The molecule has 6 rings (SSSR count). The molecule has 2 N–H and O–H groups in total. The fourth-order valence-corrected chi connectivity index (χ4v) is 5.84. The molecular weight excluding hydrogens is 596 g/mol. The second-order valence-corrected chi connectivity index (χ2v) is 11.6. The molecule has 0 unspecified atom stereocenters. The summed E-state index contributed by atoms with van der Waals surface area (Å²) in [5.41, 5.74) is 4.20. The molecule has 0 spiro atoms. The molecule has 0 aromatic heterocycles. The normalized spacial score (nSPS) is 17.2. The highest BCUT2D eigenvalue weighted by molar-refractivity contribution is 6.31. The van der Waals surface area contributed by atoms with Crippen LogP contribution in [0.1, 0.15) is 34.8 Å². The monoisotopic (exact) mass is 630 g/mol. The molecule has 5 aromatic rings. The maximum Gasteiger partial charge on any atom is 0.252 e. The first-order valence-corrected chi connectivity index (χ1v) is 15.8. The molecule has 1 heterocycles. The third-order valence-electron chi connectivity index (χ3n) is 8.06. The average molecular weight is 631 g/mol. The van der Waals surface area contributed by atoms with E-state index in [1.54, 1.807) is 0 Å². The Balaban J connectivity index is 1.40. The molecule has 1 aliphatic heterocycles. The van der Waals surface area contributed by atoms with Crippen molar-refractivity contribution in [3.8, 4) is 16.9 Å². The zero-order chi connectivity index (χ0) is 31.8. The van der Waals surface area contributed by atoms with Gasteiger partial charge < -0.3 is 19.9 Å². The van der Waals surface area contributed by atoms with Crippen LogP contribution >= 0.6 is 11.6 Å². The van der Waals surface area contributed by atoms with Crippen LogP contribution in [0.5, 0.6) is 5.75 Å². The molecule has 1 amide bonds. The number of hydrogen-bond acceptors (Lipinski definition) is 5. The van der Waals surface area contributed by atoms with E-state index in [9.17, 15) is 4.79 Å². The number of nitrogens with one attached hydrogen (secondary N) is 1. The molecule has 46 heavy (non-hydrogen) atoms. The van der Waals surface area contributed by atoms with Crippen LogP contribution < -0.4 is 10.1 Å². The molecule has 5 aromatic carbocycles. The van der Waals surface area contributed by atoms with Gasteiger partial charge in [0.2, 0.25) is 5.90 Å². The molecule has 0 radical (unpaired) electrons. The first kappa shape index (κ1) is 31.1. The van der Waals surface area contributed by atoms with Crippen molar-refractivity contribution in [2.75, 3.05) is 13.2 Å². The number of carbonyl (C=O) groups excluding carboxylic acids is 1. The maximum absolute atomic E-state index is 14.5. The van der Waals surface area contributed by atoms with Crippen molar-refractivity contribution in [2.24, 2.45) is 4.99 Å². The van der Waals surface area contributed by atoms with Crippen molar-refractivity contribution in [2.45, 2.75) is 31.0 Å². The van der Waals surface area contributed by atoms with Crippen molar-refractivity contribution in [3.63, 3.8) is 0 Å². The minimum atomic E-state index is -1.32. The standard InChI is InChI=1S/C39H35ClN2O4/c40-35-15-8-7-14-33(35)27-41-38(44)39(26-28-10-3-1-4-11-28)36(31-18-16-30(17-19-31)29-12-5-2-6-13-29)46-37(42-39)32-20-22-34(23-21-32)45-25-9-24-43/h1-8,10-23,36,43H,9,24-27H2,(H,41,44)/t36-,39-/m1/s1. The Morgan fingerprint density at radius 1 is 0.804 bits per heavy atom. The summed E-state index contributed by atoms with van der Waals surface area (Å²) in [6.07, 6.45) is 0.159. The van der Waals surface area contributed by atoms with E-state index in [1.165, 1.54) is 0 Å². The van der Waals surface area contributed by atoms with E-state index >= 15 is 0 Å². The third-order valence-corrected chi connectivity index (χ3v) is 8.43. The van der Waals surface area contributed by atoms with Gasteiger partial charge >= 0.3 is 0 Å². The van der Waals surface area contributed by atoms with Crippen LogP contribution in [0.3, 0.4) is 0 Å². The predicted octanol–water partition coefficient (Wildman–Crippen LogP) is 7.58. The van der Waals surface area contributed by atoms with Gasteiger partial charge in [-0.25, -0.2) is 4.99 Å². The number of hydrogen-bond donors (Lipinski definition) is 2. The quantitative estimate of drug-likeness (QED) is 0.139. The summed E-state index contributed by atoms with van der Waals surface area (Å²) < 4.78 is 12.4. The number of benzene rings is 5. The first-order valence-electron chi connectivity index (χ1n) is 15.4. The number of halogens is 1. The Bertz CT molecular complexity index is 1780. The van der Waals surface area contributed by atoms with Gasteiger partial charge in [0.1, 0.15) is 5.75 Å². The van der Waals surface area contributed by atoms with E-state index < -0.39 is 11.6 Å². The van der Waals surface area contributed by atoms with Gasteiger partial charge in [0, 0.05) is 36.6 Å². The molecule has 0 fully saturated rings. The van der Waals surface area contributed by atoms with Gasteiger partial charge in [-0.2, -0.15) is 0 Å². The second kappa shape index (κ2) is 14.5. The summed E-state index contributed by atoms with van der Waals surface area (Å²) in [6.45, 7) is 0.734. The highest BCUT2D eigenvalue weighted by atomic mass is 35.5. The molecule has 2 atom stereocenters. The fraction of sp³-hybridized carbons (Fsp3) is 0.179. The maximum atomic E-state index is 14.5. The van der Waals surface area contributed by atoms with Gasteiger partial charge in [-0.1, -0.05) is 115 Å². The van der Waals surface area contributed by atoms with Gasteiger partial charge in [-0.15, -0.1) is 0 Å². The van der Waals surface area contributed by atoms with Crippen molar-refractivity contribution in [1.82, 2.24) is 5.32 Å². The van der Waals surface area contributed by atoms with E-state index in [-0.39, 0.29) is 19.1 Å². The number of carbonyl (C=O) groups is 1. The number of ether oxygens (including phenoxy) is 2. The zero-order valence-corrected chi connectivity index (χ0v) is 26.1. The Morgan fingerprint density at radius 3 is 2.13 bits per heavy atom. The van der Waals surface area contributed by atoms with Crippen LogP contribution in [-0.2, 0) is 22.5 Å². The van der Waals surface area contributed by atoms with E-state index in [4.69, 9.17) is 31.2 Å². The van der Waals surface area contributed by atoms with Gasteiger partial charge in [-0.05, 0) is 58.1 Å². The van der Waals surface area contributed by atoms with Crippen molar-refractivity contribution < 1.29 is 19.4 Å². The predicted molar refractivity (Wildman–Crippen MR) is 182 cm³/mol. The van der Waals surface area contributed by atoms with E-state index in [2.05, 4.69) is 29.6 Å². The van der Waals surface area contributed by atoms with Gasteiger partial charge in [-0.3, -0.25) is 4.79 Å². The lowest BCUT2D eigenvalue weighted by Crippen LogP contribution is -2.49. The van der Waals surface area contributed by atoms with Gasteiger partial charge in [0.25, 0.3) is 5.91 Å². The van der Waals surface area contributed by atoms with Gasteiger partial charge in [0.05, 0.1) is 6.61 Å². The second-order valence-electron chi connectivity index (χ2n) is 11.2. The number of aliphatic hydroxyl groups excluding tert-OH is 1. The average Bonchev–Trinajstić information content (AvgIpc) is 3.49. The van der Waals surface area contributed by atoms with Crippen LogP contribution in [0.4, 0.5) is 0 Å². The van der Waals surface area contributed by atoms with Crippen LogP contribution in [0.2, 0.25) is 5.02 Å². The molecule has 232 valence electrons. The molecule has 0 saturated heterocycles. The summed E-state index contributed by atoms with van der Waals surface area (Å²) in [4.78, 5) is 19.7. The third kappa shape index (κ3) is 6.99. The topological polar surface area (TPSA) is 80.2 Å². The number of aliphatic imine (C=N–C) groups is 1.